The van der Waals surface area contributed by atoms with Crippen molar-refractivity contribution in [3.63, 3.8) is 0 Å². The van der Waals surface area contributed by atoms with Crippen LogP contribution in [0.25, 0.3) is 0 Å². The Balaban J connectivity index is 1.52. The number of hydrogen-bond donors (Lipinski definition) is 0. The molecule has 0 N–H and O–H groups in total. The molecule has 0 radical (unpaired) electrons. The van der Waals surface area contributed by atoms with Crippen LogP contribution in [0.1, 0.15) is 31.7 Å². The van der Waals surface area contributed by atoms with E-state index in [0.717, 1.165) is 24.2 Å². The number of benzene rings is 1. The van der Waals surface area contributed by atoms with Gasteiger partial charge in [0.15, 0.2) is 12.2 Å². The first-order chi connectivity index (χ1) is 12.1. The van der Waals surface area contributed by atoms with Gasteiger partial charge in [-0.1, -0.05) is 18.2 Å². The average Bonchev–Trinajstić information content (AvgIpc) is 3.24. The number of ether oxygens (including phenoxy) is 3. The third-order valence-corrected chi connectivity index (χ3v) is 5.57. The number of esters is 1. The number of carbonyl (C=O) groups is 2. The van der Waals surface area contributed by atoms with Crippen LogP contribution >= 0.6 is 0 Å². The summed E-state index contributed by atoms with van der Waals surface area (Å²) in [5.41, 5.74) is 1.07. The van der Waals surface area contributed by atoms with E-state index < -0.39 is 12.2 Å². The van der Waals surface area contributed by atoms with Gasteiger partial charge in [0.25, 0.3) is 5.91 Å². The van der Waals surface area contributed by atoms with Gasteiger partial charge < -0.3 is 19.1 Å². The predicted octanol–water partition coefficient (Wildman–Crippen LogP) is 1.70. The van der Waals surface area contributed by atoms with Crippen molar-refractivity contribution in [2.24, 2.45) is 0 Å². The number of nitrogens with zero attached hydrogens (tertiary/aromatic N) is 1. The van der Waals surface area contributed by atoms with Gasteiger partial charge in [-0.05, 0) is 31.4 Å². The fourth-order valence-corrected chi connectivity index (χ4v) is 4.30. The van der Waals surface area contributed by atoms with Crippen molar-refractivity contribution in [3.8, 4) is 5.75 Å². The Morgan fingerprint density at radius 3 is 2.76 bits per heavy atom. The Morgan fingerprint density at radius 2 is 2.00 bits per heavy atom. The van der Waals surface area contributed by atoms with E-state index in [9.17, 15) is 9.59 Å². The molecule has 1 amide bonds. The molecule has 5 atom stereocenters. The van der Waals surface area contributed by atoms with Crippen LogP contribution < -0.4 is 4.74 Å². The zero-order chi connectivity index (χ0) is 17.6. The normalized spacial score (nSPS) is 33.4. The number of fused-ring (bicyclic) bond motifs is 2. The second-order valence-electron chi connectivity index (χ2n) is 7.08. The molecule has 1 aromatic carbocycles. The topological polar surface area (TPSA) is 65.1 Å². The van der Waals surface area contributed by atoms with Crippen molar-refractivity contribution in [2.45, 2.75) is 63.0 Å². The third kappa shape index (κ3) is 2.78. The maximum absolute atomic E-state index is 13.2. The largest absolute Gasteiger partial charge is 0.480 e. The van der Waals surface area contributed by atoms with E-state index in [1.165, 1.54) is 7.11 Å². The Labute approximate surface area is 147 Å². The number of piperidine rings is 1. The molecule has 2 fully saturated rings. The van der Waals surface area contributed by atoms with Crippen molar-refractivity contribution in [2.75, 3.05) is 7.11 Å². The number of para-hydroxylation sites is 1. The minimum atomic E-state index is -0.581. The first-order valence-electron chi connectivity index (χ1n) is 8.88. The highest BCUT2D eigenvalue weighted by Gasteiger charge is 2.49. The molecular weight excluding hydrogens is 322 g/mol. The maximum Gasteiger partial charge on any atom is 0.335 e. The quantitative estimate of drug-likeness (QED) is 0.764. The zero-order valence-electron chi connectivity index (χ0n) is 14.5. The molecule has 3 aliphatic rings. The maximum atomic E-state index is 13.2. The van der Waals surface area contributed by atoms with Gasteiger partial charge in [0.05, 0.1) is 19.3 Å². The summed E-state index contributed by atoms with van der Waals surface area (Å²) in [6.45, 7) is 2.06. The van der Waals surface area contributed by atoms with Gasteiger partial charge in [-0.25, -0.2) is 4.79 Å². The molecule has 134 valence electrons. The van der Waals surface area contributed by atoms with Crippen molar-refractivity contribution in [1.82, 2.24) is 4.90 Å². The summed E-state index contributed by atoms with van der Waals surface area (Å²) in [6.07, 6.45) is 1.63. The van der Waals surface area contributed by atoms with Gasteiger partial charge in [0.1, 0.15) is 5.75 Å². The van der Waals surface area contributed by atoms with Crippen LogP contribution in [0.5, 0.6) is 5.75 Å². The van der Waals surface area contributed by atoms with E-state index in [1.54, 1.807) is 0 Å². The number of methoxy groups -OCH3 is 1. The number of likely N-dealkylation sites (tertiary alicyclic amines) is 1. The van der Waals surface area contributed by atoms with Crippen LogP contribution in [0, 0.1) is 0 Å². The number of hydrogen-bond acceptors (Lipinski definition) is 5. The van der Waals surface area contributed by atoms with Crippen molar-refractivity contribution in [3.05, 3.63) is 29.8 Å². The summed E-state index contributed by atoms with van der Waals surface area (Å²) in [7, 11) is 1.36. The first kappa shape index (κ1) is 16.4. The smallest absolute Gasteiger partial charge is 0.335 e. The lowest BCUT2D eigenvalue weighted by molar-refractivity contribution is -0.154. The fraction of sp³-hybridized carbons (Fsp3) is 0.579. The number of rotatable bonds is 2. The first-order valence-corrected chi connectivity index (χ1v) is 8.88. The van der Waals surface area contributed by atoms with Crippen LogP contribution in [-0.4, -0.2) is 54.3 Å². The standard InChI is InChI=1S/C19H23NO5/c1-11-7-8-15-13(10-17(25-15)19(22)23-2)20(11)18(21)16-9-12-5-3-4-6-14(12)24-16/h3-6,11,13,15-17H,7-10H2,1-2H3/t11-,13-,15+,16+,17+/m1/s1. The Morgan fingerprint density at radius 1 is 1.20 bits per heavy atom. The van der Waals surface area contributed by atoms with Crippen molar-refractivity contribution < 1.29 is 23.8 Å². The molecule has 6 heteroatoms. The summed E-state index contributed by atoms with van der Waals surface area (Å²) in [5, 5.41) is 0. The average molecular weight is 345 g/mol. The van der Waals surface area contributed by atoms with E-state index >= 15 is 0 Å². The summed E-state index contributed by atoms with van der Waals surface area (Å²) in [4.78, 5) is 26.9. The van der Waals surface area contributed by atoms with Crippen LogP contribution in [0.4, 0.5) is 0 Å². The highest BCUT2D eigenvalue weighted by atomic mass is 16.6. The molecule has 0 saturated carbocycles. The fourth-order valence-electron chi connectivity index (χ4n) is 4.30. The zero-order valence-corrected chi connectivity index (χ0v) is 14.5. The lowest BCUT2D eigenvalue weighted by atomic mass is 9.91. The van der Waals surface area contributed by atoms with Gasteiger partial charge in [-0.3, -0.25) is 4.79 Å². The molecule has 1 aromatic rings. The van der Waals surface area contributed by atoms with Crippen LogP contribution in [0.15, 0.2) is 24.3 Å². The molecule has 2 saturated heterocycles. The minimum Gasteiger partial charge on any atom is -0.480 e. The Bertz CT molecular complexity index is 665. The third-order valence-electron chi connectivity index (χ3n) is 5.57. The monoisotopic (exact) mass is 345 g/mol. The molecule has 3 heterocycles. The molecule has 0 aliphatic carbocycles. The van der Waals surface area contributed by atoms with Crippen LogP contribution in [-0.2, 0) is 25.5 Å². The van der Waals surface area contributed by atoms with Gasteiger partial charge >= 0.3 is 5.97 Å². The van der Waals surface area contributed by atoms with Crippen molar-refractivity contribution in [1.29, 1.82) is 0 Å². The minimum absolute atomic E-state index is 0.00693. The van der Waals surface area contributed by atoms with E-state index in [4.69, 9.17) is 14.2 Å². The Kier molecular flexibility index (Phi) is 4.15. The molecule has 4 rings (SSSR count). The molecule has 0 spiro atoms. The summed E-state index contributed by atoms with van der Waals surface area (Å²) in [5.74, 6) is 0.420. The summed E-state index contributed by atoms with van der Waals surface area (Å²) >= 11 is 0. The molecule has 0 bridgehead atoms. The van der Waals surface area contributed by atoms with Gasteiger partial charge in [0, 0.05) is 18.9 Å². The lowest BCUT2D eigenvalue weighted by Crippen LogP contribution is -2.56. The van der Waals surface area contributed by atoms with Gasteiger partial charge in [-0.15, -0.1) is 0 Å². The number of carbonyl (C=O) groups excluding carboxylic acids is 2. The van der Waals surface area contributed by atoms with E-state index in [1.807, 2.05) is 29.2 Å². The predicted molar refractivity (Wildman–Crippen MR) is 89.2 cm³/mol. The van der Waals surface area contributed by atoms with Crippen LogP contribution in [0.2, 0.25) is 0 Å². The van der Waals surface area contributed by atoms with E-state index in [0.29, 0.717) is 12.8 Å². The highest BCUT2D eigenvalue weighted by molar-refractivity contribution is 5.84. The summed E-state index contributed by atoms with van der Waals surface area (Å²) in [6, 6.07) is 7.79. The highest BCUT2D eigenvalue weighted by Crippen LogP contribution is 2.37. The molecular formula is C19H23NO5. The molecule has 25 heavy (non-hydrogen) atoms. The Hall–Kier alpha value is -2.08. The van der Waals surface area contributed by atoms with Gasteiger partial charge in [-0.2, -0.15) is 0 Å². The second kappa shape index (κ2) is 6.33. The van der Waals surface area contributed by atoms with Crippen LogP contribution in [0.3, 0.4) is 0 Å². The van der Waals surface area contributed by atoms with Gasteiger partial charge in [0.2, 0.25) is 0 Å². The molecule has 0 unspecified atom stereocenters. The summed E-state index contributed by atoms with van der Waals surface area (Å²) < 4.78 is 16.6. The van der Waals surface area contributed by atoms with E-state index in [-0.39, 0.29) is 30.1 Å². The lowest BCUT2D eigenvalue weighted by Gasteiger charge is -2.42. The van der Waals surface area contributed by atoms with E-state index in [2.05, 4.69) is 6.92 Å². The second-order valence-corrected chi connectivity index (χ2v) is 7.08. The SMILES string of the molecule is COC(=O)[C@@H]1C[C@@H]2[C@H](CC[C@@H](C)N2C(=O)[C@@H]2Cc3ccccc3O2)O1. The molecule has 6 nitrogen and oxygen atoms in total. The number of amides is 1. The van der Waals surface area contributed by atoms with Crippen molar-refractivity contribution >= 4 is 11.9 Å². The molecule has 3 aliphatic heterocycles. The molecule has 0 aromatic heterocycles.